The fourth-order valence-corrected chi connectivity index (χ4v) is 2.59. The van der Waals surface area contributed by atoms with Crippen LogP contribution >= 0.6 is 0 Å². The maximum absolute atomic E-state index is 11.4. The van der Waals surface area contributed by atoms with Gasteiger partial charge in [-0.25, -0.2) is 0 Å². The van der Waals surface area contributed by atoms with Crippen molar-refractivity contribution in [2.24, 2.45) is 0 Å². The number of para-hydroxylation sites is 1. The summed E-state index contributed by atoms with van der Waals surface area (Å²) in [6, 6.07) is 17.4. The minimum atomic E-state index is -0.0736. The molecular weight excluding hydrogens is 290 g/mol. The first-order valence-electron chi connectivity index (χ1n) is 7.63. The molecule has 0 aliphatic heterocycles. The molecule has 0 unspecified atom stereocenters. The van der Waals surface area contributed by atoms with Gasteiger partial charge in [0.2, 0.25) is 5.56 Å². The summed E-state index contributed by atoms with van der Waals surface area (Å²) in [5, 5.41) is 1.04. The van der Waals surface area contributed by atoms with E-state index in [0.717, 1.165) is 35.2 Å². The van der Waals surface area contributed by atoms with Gasteiger partial charge in [-0.1, -0.05) is 24.3 Å². The van der Waals surface area contributed by atoms with Crippen LogP contribution in [0, 0.1) is 0 Å². The van der Waals surface area contributed by atoms with Crippen molar-refractivity contribution < 1.29 is 9.47 Å². The van der Waals surface area contributed by atoms with Gasteiger partial charge in [0, 0.05) is 18.0 Å². The fourth-order valence-electron chi connectivity index (χ4n) is 2.59. The molecule has 0 fully saturated rings. The topological polar surface area (TPSA) is 54.9 Å². The predicted molar refractivity (Wildman–Crippen MR) is 92.1 cm³/mol. The lowest BCUT2D eigenvalue weighted by Gasteiger charge is -2.07. The van der Waals surface area contributed by atoms with Crippen LogP contribution in [0.25, 0.3) is 10.9 Å². The van der Waals surface area contributed by atoms with Crippen LogP contribution in [0.2, 0.25) is 0 Å². The number of fused-ring (bicyclic) bond motifs is 1. The average molecular weight is 310 g/mol. The van der Waals surface area contributed by atoms with Crippen molar-refractivity contribution in [1.29, 1.82) is 0 Å². The van der Waals surface area contributed by atoms with E-state index in [-0.39, 0.29) is 5.56 Å². The third kappa shape index (κ3) is 3.79. The third-order valence-corrected chi connectivity index (χ3v) is 3.82. The fraction of sp³-hybridized carbons (Fsp3) is 0.211. The second-order valence-corrected chi connectivity index (χ2v) is 5.41. The lowest BCUT2D eigenvalue weighted by molar-refractivity contribution is -0.0515. The molecule has 3 rings (SSSR count). The molecule has 4 heteroatoms. The molecule has 0 bridgehead atoms. The van der Waals surface area contributed by atoms with Gasteiger partial charge in [-0.15, -0.1) is 0 Å². The van der Waals surface area contributed by atoms with Crippen LogP contribution in [0.1, 0.15) is 11.1 Å². The van der Waals surface area contributed by atoms with Crippen molar-refractivity contribution in [3.63, 3.8) is 0 Å². The summed E-state index contributed by atoms with van der Waals surface area (Å²) in [7, 11) is 1.68. The molecule has 0 radical (unpaired) electrons. The quantitative estimate of drug-likeness (QED) is 0.562. The molecule has 0 spiro atoms. The molecule has 2 aromatic carbocycles. The lowest BCUT2D eigenvalue weighted by Crippen LogP contribution is -2.06. The van der Waals surface area contributed by atoms with Crippen LogP contribution in [-0.4, -0.2) is 23.4 Å². The third-order valence-electron chi connectivity index (χ3n) is 3.82. The summed E-state index contributed by atoms with van der Waals surface area (Å²) in [6.07, 6.45) is 0.849. The molecular formula is C19H20NO3+. The minimum absolute atomic E-state index is 0.0736. The average Bonchev–Trinajstić information content (AvgIpc) is 2.58. The zero-order chi connectivity index (χ0) is 16.1. The molecule has 0 atom stereocenters. The Morgan fingerprint density at radius 1 is 1.09 bits per heavy atom. The van der Waals surface area contributed by atoms with Crippen LogP contribution in [0.3, 0.4) is 0 Å². The molecule has 0 aliphatic carbocycles. The van der Waals surface area contributed by atoms with Crippen LogP contribution in [0.15, 0.2) is 59.4 Å². The van der Waals surface area contributed by atoms with E-state index in [0.29, 0.717) is 6.61 Å². The summed E-state index contributed by atoms with van der Waals surface area (Å²) >= 11 is 0. The molecule has 23 heavy (non-hydrogen) atoms. The summed E-state index contributed by atoms with van der Waals surface area (Å²) in [6.45, 7) is 1.38. The normalized spacial score (nSPS) is 10.8. The van der Waals surface area contributed by atoms with E-state index in [1.54, 1.807) is 13.2 Å². The van der Waals surface area contributed by atoms with E-state index in [4.69, 9.17) is 4.74 Å². The van der Waals surface area contributed by atoms with E-state index in [1.165, 1.54) is 5.56 Å². The van der Waals surface area contributed by atoms with Crippen LogP contribution in [-0.2, 0) is 13.0 Å². The van der Waals surface area contributed by atoms with Gasteiger partial charge in [-0.2, -0.15) is 0 Å². The highest BCUT2D eigenvalue weighted by molar-refractivity contribution is 5.78. The highest BCUT2D eigenvalue weighted by Crippen LogP contribution is 2.17. The zero-order valence-electron chi connectivity index (χ0n) is 13.1. The van der Waals surface area contributed by atoms with Crippen molar-refractivity contribution >= 4 is 10.9 Å². The number of hydrogen-bond donors (Lipinski definition) is 1. The second kappa shape index (κ2) is 7.11. The predicted octanol–water partition coefficient (Wildman–Crippen LogP) is 2.81. The Morgan fingerprint density at radius 2 is 1.91 bits per heavy atom. The first-order valence-corrected chi connectivity index (χ1v) is 7.63. The zero-order valence-corrected chi connectivity index (χ0v) is 13.1. The molecule has 0 amide bonds. The van der Waals surface area contributed by atoms with Crippen LogP contribution in [0.4, 0.5) is 0 Å². The Balaban J connectivity index is 1.59. The molecule has 3 aromatic rings. The highest BCUT2D eigenvalue weighted by Gasteiger charge is 2.05. The van der Waals surface area contributed by atoms with Crippen LogP contribution in [0.5, 0.6) is 5.75 Å². The van der Waals surface area contributed by atoms with Crippen LogP contribution < -0.4 is 10.3 Å². The molecule has 2 N–H and O–H groups in total. The highest BCUT2D eigenvalue weighted by atomic mass is 16.5. The van der Waals surface area contributed by atoms with Gasteiger partial charge in [0.1, 0.15) is 12.4 Å². The monoisotopic (exact) mass is 310 g/mol. The molecule has 0 saturated carbocycles. The van der Waals surface area contributed by atoms with E-state index in [2.05, 4.69) is 15.8 Å². The van der Waals surface area contributed by atoms with Crippen molar-refractivity contribution in [3.8, 4) is 5.75 Å². The molecule has 4 nitrogen and oxygen atoms in total. The number of hydrogen-bond acceptors (Lipinski definition) is 2. The number of nitrogens with one attached hydrogen (secondary N) is 1. The Kier molecular flexibility index (Phi) is 4.74. The number of methoxy groups -OCH3 is 1. The minimum Gasteiger partial charge on any atom is -0.496 e. The first-order chi connectivity index (χ1) is 11.3. The Labute approximate surface area is 134 Å². The standard InChI is InChI=1S/C19H19NO3/c1-22-18-5-3-2-4-16(18)13-23-11-10-14-6-7-15-8-9-19(21)20-17(15)12-14/h2-9,12H,10-11,13H2,1H3,(H,20,21)/p+1. The van der Waals surface area contributed by atoms with Crippen molar-refractivity contribution in [1.82, 2.24) is 4.98 Å². The van der Waals surface area contributed by atoms with Gasteiger partial charge in [0.15, 0.2) is 6.61 Å². The van der Waals surface area contributed by atoms with Gasteiger partial charge < -0.3 is 14.5 Å². The molecule has 0 saturated heterocycles. The molecule has 0 aliphatic rings. The lowest BCUT2D eigenvalue weighted by atomic mass is 10.1. The summed E-state index contributed by atoms with van der Waals surface area (Å²) < 4.78 is 9.92. The van der Waals surface area contributed by atoms with E-state index in [9.17, 15) is 4.79 Å². The Bertz CT molecular complexity index is 854. The second-order valence-electron chi connectivity index (χ2n) is 5.41. The van der Waals surface area contributed by atoms with Crippen molar-refractivity contribution in [2.75, 3.05) is 13.7 Å². The number of pyridine rings is 1. The molecule has 1 aromatic heterocycles. The van der Waals surface area contributed by atoms with Crippen molar-refractivity contribution in [3.05, 3.63) is 76.1 Å². The number of ether oxygens (including phenoxy) is 2. The van der Waals surface area contributed by atoms with Gasteiger partial charge in [0.25, 0.3) is 0 Å². The molecule has 1 heterocycles. The number of rotatable bonds is 6. The number of H-pyrrole nitrogens is 1. The Morgan fingerprint density at radius 3 is 2.78 bits per heavy atom. The smallest absolute Gasteiger partial charge is 0.248 e. The van der Waals surface area contributed by atoms with Gasteiger partial charge in [-0.05, 0) is 35.2 Å². The summed E-state index contributed by atoms with van der Waals surface area (Å²) in [5.74, 6) is 0.875. The number of aromatic nitrogens is 1. The number of benzene rings is 2. The van der Waals surface area contributed by atoms with Crippen molar-refractivity contribution in [2.45, 2.75) is 13.0 Å². The number of aliphatic hydroxyl groups is 2. The number of aromatic amines is 1. The van der Waals surface area contributed by atoms with Gasteiger partial charge >= 0.3 is 0 Å². The summed E-state index contributed by atoms with van der Waals surface area (Å²) in [4.78, 5) is 14.2. The van der Waals surface area contributed by atoms with E-state index in [1.807, 2.05) is 42.5 Å². The summed E-state index contributed by atoms with van der Waals surface area (Å²) in [5.41, 5.74) is 3.07. The van der Waals surface area contributed by atoms with E-state index >= 15 is 0 Å². The Hall–Kier alpha value is -2.59. The van der Waals surface area contributed by atoms with E-state index < -0.39 is 0 Å². The molecule has 118 valence electrons. The maximum Gasteiger partial charge on any atom is 0.248 e. The van der Waals surface area contributed by atoms with Gasteiger partial charge in [0.05, 0.1) is 12.7 Å². The largest absolute Gasteiger partial charge is 0.496 e. The van der Waals surface area contributed by atoms with Gasteiger partial charge in [-0.3, -0.25) is 4.79 Å². The first kappa shape index (κ1) is 15.3. The maximum atomic E-state index is 11.4. The SMILES string of the molecule is COc1ccccc1C[OH+]CCc1ccc2ccc(=O)[nH]c2c1.